The van der Waals surface area contributed by atoms with E-state index < -0.39 is 5.82 Å². The molecule has 0 spiro atoms. The fourth-order valence-corrected chi connectivity index (χ4v) is 2.41. The molecular weight excluding hydrogens is 305 g/mol. The molecule has 0 aliphatic rings. The van der Waals surface area contributed by atoms with Crippen LogP contribution in [-0.4, -0.2) is 20.9 Å². The van der Waals surface area contributed by atoms with Gasteiger partial charge in [-0.3, -0.25) is 4.79 Å². The van der Waals surface area contributed by atoms with Crippen LogP contribution in [0, 0.1) is 5.82 Å². The van der Waals surface area contributed by atoms with Crippen molar-refractivity contribution in [2.75, 3.05) is 0 Å². The molecule has 0 aliphatic carbocycles. The molecule has 0 aliphatic heterocycles. The van der Waals surface area contributed by atoms with Crippen LogP contribution in [0.1, 0.15) is 35.8 Å². The topological polar surface area (TPSA) is 47.3 Å². The smallest absolute Gasteiger partial charge is 0.170 e. The molecule has 2 heterocycles. The number of aromatic nitrogens is 3. The Kier molecular flexibility index (Phi) is 3.66. The Morgan fingerprint density at radius 1 is 1.32 bits per heavy atom. The molecule has 3 aromatic rings. The van der Waals surface area contributed by atoms with Gasteiger partial charge >= 0.3 is 0 Å². The second-order valence-corrected chi connectivity index (χ2v) is 5.73. The van der Waals surface area contributed by atoms with E-state index in [1.165, 1.54) is 12.1 Å². The van der Waals surface area contributed by atoms with Gasteiger partial charge in [-0.2, -0.15) is 5.10 Å². The Hall–Kier alpha value is -2.27. The van der Waals surface area contributed by atoms with Gasteiger partial charge in [0.25, 0.3) is 0 Å². The minimum absolute atomic E-state index is 0.0692. The fourth-order valence-electron chi connectivity index (χ4n) is 2.30. The molecule has 0 saturated heterocycles. The third kappa shape index (κ3) is 2.48. The zero-order chi connectivity index (χ0) is 15.9. The molecule has 0 saturated carbocycles. The number of imidazole rings is 1. The van der Waals surface area contributed by atoms with Gasteiger partial charge < -0.3 is 0 Å². The van der Waals surface area contributed by atoms with E-state index in [1.807, 2.05) is 19.9 Å². The summed E-state index contributed by atoms with van der Waals surface area (Å²) in [4.78, 5) is 15.2. The van der Waals surface area contributed by atoms with E-state index in [4.69, 9.17) is 11.6 Å². The summed E-state index contributed by atoms with van der Waals surface area (Å²) >= 11 is 5.72. The molecular formula is C16H13ClFN3O. The first-order valence-corrected chi connectivity index (χ1v) is 7.18. The number of rotatable bonds is 3. The maximum absolute atomic E-state index is 13.7. The molecule has 0 radical (unpaired) electrons. The SMILES string of the molecule is CC(C)c1cc(-c2ccc(Cl)c(F)c2)nn2cc(C=O)nc12. The predicted octanol–water partition coefficient (Wildman–Crippen LogP) is 4.12. The first kappa shape index (κ1) is 14.7. The van der Waals surface area contributed by atoms with Crippen LogP contribution in [0.2, 0.25) is 5.02 Å². The highest BCUT2D eigenvalue weighted by Crippen LogP contribution is 2.27. The van der Waals surface area contributed by atoms with Crippen LogP contribution in [0.4, 0.5) is 4.39 Å². The molecule has 112 valence electrons. The molecule has 0 N–H and O–H groups in total. The molecule has 6 heteroatoms. The van der Waals surface area contributed by atoms with Gasteiger partial charge in [0.15, 0.2) is 11.9 Å². The van der Waals surface area contributed by atoms with Crippen molar-refractivity contribution >= 4 is 23.5 Å². The quantitative estimate of drug-likeness (QED) is 0.682. The van der Waals surface area contributed by atoms with Gasteiger partial charge in [-0.15, -0.1) is 0 Å². The number of hydrogen-bond donors (Lipinski definition) is 0. The Morgan fingerprint density at radius 2 is 2.09 bits per heavy atom. The van der Waals surface area contributed by atoms with Crippen LogP contribution in [0.3, 0.4) is 0 Å². The van der Waals surface area contributed by atoms with Crippen molar-refractivity contribution in [2.45, 2.75) is 19.8 Å². The second kappa shape index (κ2) is 5.50. The first-order chi connectivity index (χ1) is 10.5. The Bertz CT molecular complexity index is 873. The van der Waals surface area contributed by atoms with Crippen molar-refractivity contribution in [1.29, 1.82) is 0 Å². The van der Waals surface area contributed by atoms with E-state index in [9.17, 15) is 9.18 Å². The first-order valence-electron chi connectivity index (χ1n) is 6.80. The summed E-state index contributed by atoms with van der Waals surface area (Å²) in [5.41, 5.74) is 3.10. The number of hydrogen-bond acceptors (Lipinski definition) is 3. The molecule has 0 fully saturated rings. The Labute approximate surface area is 131 Å². The standard InChI is InChI=1S/C16H13ClFN3O/c1-9(2)12-6-15(10-3-4-13(17)14(18)5-10)20-21-7-11(8-22)19-16(12)21/h3-9H,1-2H3. The van der Waals surface area contributed by atoms with Crippen molar-refractivity contribution in [3.05, 3.63) is 52.6 Å². The summed E-state index contributed by atoms with van der Waals surface area (Å²) in [5, 5.41) is 4.48. The average Bonchev–Trinajstić information content (AvgIpc) is 2.91. The van der Waals surface area contributed by atoms with Crippen LogP contribution in [0.15, 0.2) is 30.5 Å². The van der Waals surface area contributed by atoms with E-state index in [-0.39, 0.29) is 10.9 Å². The Morgan fingerprint density at radius 3 is 2.73 bits per heavy atom. The number of aldehydes is 1. The summed E-state index contributed by atoms with van der Waals surface area (Å²) in [6.45, 7) is 4.05. The maximum Gasteiger partial charge on any atom is 0.170 e. The van der Waals surface area contributed by atoms with E-state index in [1.54, 1.807) is 16.8 Å². The summed E-state index contributed by atoms with van der Waals surface area (Å²) in [7, 11) is 0. The van der Waals surface area contributed by atoms with Crippen LogP contribution < -0.4 is 0 Å². The van der Waals surface area contributed by atoms with Gasteiger partial charge in [-0.05, 0) is 24.1 Å². The summed E-state index contributed by atoms with van der Waals surface area (Å²) in [6, 6.07) is 6.42. The Balaban J connectivity index is 2.25. The van der Waals surface area contributed by atoms with E-state index in [2.05, 4.69) is 10.1 Å². The van der Waals surface area contributed by atoms with E-state index in [0.717, 1.165) is 5.56 Å². The number of halogens is 2. The lowest BCUT2D eigenvalue weighted by molar-refractivity contribution is 0.111. The molecule has 4 nitrogen and oxygen atoms in total. The number of carbonyl (C=O) groups is 1. The normalized spacial score (nSPS) is 11.3. The molecule has 0 atom stereocenters. The van der Waals surface area contributed by atoms with Gasteiger partial charge in [0, 0.05) is 11.1 Å². The molecule has 0 bridgehead atoms. The highest BCUT2D eigenvalue weighted by Gasteiger charge is 2.14. The molecule has 0 unspecified atom stereocenters. The monoisotopic (exact) mass is 317 g/mol. The molecule has 2 aromatic heterocycles. The number of nitrogens with zero attached hydrogens (tertiary/aromatic N) is 3. The minimum Gasteiger partial charge on any atom is -0.296 e. The fraction of sp³-hybridized carbons (Fsp3) is 0.188. The summed E-state index contributed by atoms with van der Waals surface area (Å²) < 4.78 is 15.2. The van der Waals surface area contributed by atoms with Crippen LogP contribution >= 0.6 is 11.6 Å². The maximum atomic E-state index is 13.7. The molecule has 0 amide bonds. The molecule has 22 heavy (non-hydrogen) atoms. The zero-order valence-electron chi connectivity index (χ0n) is 12.0. The second-order valence-electron chi connectivity index (χ2n) is 5.32. The van der Waals surface area contributed by atoms with Gasteiger partial charge in [0.05, 0.1) is 16.9 Å². The lowest BCUT2D eigenvalue weighted by atomic mass is 10.0. The average molecular weight is 318 g/mol. The van der Waals surface area contributed by atoms with Crippen molar-refractivity contribution < 1.29 is 9.18 Å². The number of carbonyl (C=O) groups excluding carboxylic acids is 1. The molecule has 1 aromatic carbocycles. The highest BCUT2D eigenvalue weighted by atomic mass is 35.5. The van der Waals surface area contributed by atoms with Crippen molar-refractivity contribution in [2.24, 2.45) is 0 Å². The third-order valence-electron chi connectivity index (χ3n) is 3.43. The number of fused-ring (bicyclic) bond motifs is 1. The largest absolute Gasteiger partial charge is 0.296 e. The van der Waals surface area contributed by atoms with Crippen molar-refractivity contribution in [3.8, 4) is 11.3 Å². The number of benzene rings is 1. The van der Waals surface area contributed by atoms with Gasteiger partial charge in [0.2, 0.25) is 0 Å². The van der Waals surface area contributed by atoms with Crippen LogP contribution in [0.25, 0.3) is 16.9 Å². The van der Waals surface area contributed by atoms with Crippen LogP contribution in [0.5, 0.6) is 0 Å². The van der Waals surface area contributed by atoms with Crippen molar-refractivity contribution in [1.82, 2.24) is 14.6 Å². The van der Waals surface area contributed by atoms with Crippen molar-refractivity contribution in [3.63, 3.8) is 0 Å². The molecule has 3 rings (SSSR count). The van der Waals surface area contributed by atoms with E-state index >= 15 is 0 Å². The lowest BCUT2D eigenvalue weighted by Crippen LogP contribution is -2.00. The lowest BCUT2D eigenvalue weighted by Gasteiger charge is -2.10. The third-order valence-corrected chi connectivity index (χ3v) is 3.74. The van der Waals surface area contributed by atoms with Crippen LogP contribution in [-0.2, 0) is 0 Å². The zero-order valence-corrected chi connectivity index (χ0v) is 12.8. The van der Waals surface area contributed by atoms with Gasteiger partial charge in [-0.1, -0.05) is 31.5 Å². The summed E-state index contributed by atoms with van der Waals surface area (Å²) in [5.74, 6) is -0.310. The predicted molar refractivity (Wildman–Crippen MR) is 82.9 cm³/mol. The summed E-state index contributed by atoms with van der Waals surface area (Å²) in [6.07, 6.45) is 2.24. The van der Waals surface area contributed by atoms with Gasteiger partial charge in [0.1, 0.15) is 11.5 Å². The van der Waals surface area contributed by atoms with Gasteiger partial charge in [-0.25, -0.2) is 13.9 Å². The van der Waals surface area contributed by atoms with E-state index in [0.29, 0.717) is 28.9 Å². The minimum atomic E-state index is -0.494. The highest BCUT2D eigenvalue weighted by molar-refractivity contribution is 6.30.